The van der Waals surface area contributed by atoms with Gasteiger partial charge in [0.25, 0.3) is 0 Å². The third kappa shape index (κ3) is 1.53. The number of rotatable bonds is 1. The van der Waals surface area contributed by atoms with Crippen molar-refractivity contribution in [3.63, 3.8) is 0 Å². The van der Waals surface area contributed by atoms with Crippen LogP contribution in [0.15, 0.2) is 12.1 Å². The Morgan fingerprint density at radius 1 is 1.21 bits per heavy atom. The lowest BCUT2D eigenvalue weighted by Gasteiger charge is -2.24. The molecular weight excluding hydrogens is 178 g/mol. The molecule has 1 saturated heterocycles. The molecule has 3 nitrogen and oxygen atoms in total. The fraction of sp³-hybridized carbons (Fsp3) is 0.545. The summed E-state index contributed by atoms with van der Waals surface area (Å²) in [5.41, 5.74) is 3.03. The predicted molar refractivity (Wildman–Crippen MR) is 53.0 cm³/mol. The second-order valence-electron chi connectivity index (χ2n) is 3.73. The molecule has 0 aliphatic carbocycles. The van der Waals surface area contributed by atoms with Gasteiger partial charge in [-0.15, -0.1) is 0 Å². The number of hydrogen-bond acceptors (Lipinski definition) is 3. The van der Waals surface area contributed by atoms with Crippen molar-refractivity contribution >= 4 is 0 Å². The van der Waals surface area contributed by atoms with Gasteiger partial charge in [-0.1, -0.05) is 6.07 Å². The Balaban J connectivity index is 2.40. The minimum absolute atomic E-state index is 0.592. The van der Waals surface area contributed by atoms with Gasteiger partial charge in [0, 0.05) is 17.0 Å². The highest BCUT2D eigenvalue weighted by atomic mass is 16.7. The Hall–Kier alpha value is -0.930. The van der Waals surface area contributed by atoms with Crippen LogP contribution in [0.4, 0.5) is 0 Å². The summed E-state index contributed by atoms with van der Waals surface area (Å²) in [6.07, 6.45) is 0. The highest BCUT2D eigenvalue weighted by molar-refractivity contribution is 5.26. The van der Waals surface area contributed by atoms with E-state index < -0.39 is 5.79 Å². The highest BCUT2D eigenvalue weighted by Gasteiger charge is 2.34. The first-order chi connectivity index (χ1) is 6.62. The maximum absolute atomic E-state index is 5.58. The third-order valence-corrected chi connectivity index (χ3v) is 2.55. The molecule has 1 aromatic heterocycles. The van der Waals surface area contributed by atoms with Crippen LogP contribution in [0.1, 0.15) is 23.9 Å². The van der Waals surface area contributed by atoms with Crippen LogP contribution < -0.4 is 0 Å². The predicted octanol–water partition coefficient (Wildman–Crippen LogP) is 1.92. The summed E-state index contributed by atoms with van der Waals surface area (Å²) in [6, 6.07) is 4.02. The summed E-state index contributed by atoms with van der Waals surface area (Å²) in [7, 11) is 0. The zero-order valence-corrected chi connectivity index (χ0v) is 8.83. The van der Waals surface area contributed by atoms with Gasteiger partial charge in [0.05, 0.1) is 13.2 Å². The molecule has 1 aliphatic rings. The number of aryl methyl sites for hydroxylation is 2. The van der Waals surface area contributed by atoms with Gasteiger partial charge in [-0.3, -0.25) is 4.98 Å². The normalized spacial score (nSPS) is 19.9. The maximum Gasteiger partial charge on any atom is 0.193 e. The van der Waals surface area contributed by atoms with Crippen LogP contribution in [-0.2, 0) is 15.3 Å². The summed E-state index contributed by atoms with van der Waals surface area (Å²) in [5, 5.41) is 0. The van der Waals surface area contributed by atoms with Crippen LogP contribution in [0.5, 0.6) is 0 Å². The van der Waals surface area contributed by atoms with Crippen LogP contribution in [0.25, 0.3) is 0 Å². The lowest BCUT2D eigenvalue weighted by atomic mass is 10.1. The number of aromatic nitrogens is 1. The summed E-state index contributed by atoms with van der Waals surface area (Å²) in [5.74, 6) is -0.592. The summed E-state index contributed by atoms with van der Waals surface area (Å²) >= 11 is 0. The molecule has 2 heterocycles. The highest BCUT2D eigenvalue weighted by Crippen LogP contribution is 2.32. The van der Waals surface area contributed by atoms with Gasteiger partial charge < -0.3 is 9.47 Å². The topological polar surface area (TPSA) is 31.4 Å². The molecule has 0 bridgehead atoms. The van der Waals surface area contributed by atoms with Gasteiger partial charge in [-0.25, -0.2) is 0 Å². The zero-order valence-electron chi connectivity index (χ0n) is 8.83. The molecule has 76 valence electrons. The van der Waals surface area contributed by atoms with E-state index in [2.05, 4.69) is 4.98 Å². The third-order valence-electron chi connectivity index (χ3n) is 2.55. The van der Waals surface area contributed by atoms with Crippen molar-refractivity contribution < 1.29 is 9.47 Å². The Bertz CT molecular complexity index is 343. The molecule has 0 radical (unpaired) electrons. The van der Waals surface area contributed by atoms with E-state index in [-0.39, 0.29) is 0 Å². The van der Waals surface area contributed by atoms with Gasteiger partial charge in [-0.05, 0) is 26.8 Å². The molecule has 1 aliphatic heterocycles. The van der Waals surface area contributed by atoms with Crippen molar-refractivity contribution in [1.82, 2.24) is 4.98 Å². The van der Waals surface area contributed by atoms with Crippen LogP contribution >= 0.6 is 0 Å². The average Bonchev–Trinajstić information content (AvgIpc) is 2.52. The SMILES string of the molecule is Cc1ccc(C2(C)OCCO2)c(C)n1. The quantitative estimate of drug-likeness (QED) is 0.682. The van der Waals surface area contributed by atoms with E-state index >= 15 is 0 Å². The fourth-order valence-electron chi connectivity index (χ4n) is 1.84. The second-order valence-corrected chi connectivity index (χ2v) is 3.73. The van der Waals surface area contributed by atoms with Crippen LogP contribution in [0.3, 0.4) is 0 Å². The summed E-state index contributed by atoms with van der Waals surface area (Å²) in [6.45, 7) is 7.22. The van der Waals surface area contributed by atoms with E-state index in [1.165, 1.54) is 0 Å². The molecule has 0 unspecified atom stereocenters. The largest absolute Gasteiger partial charge is 0.344 e. The van der Waals surface area contributed by atoms with Gasteiger partial charge in [0.1, 0.15) is 0 Å². The van der Waals surface area contributed by atoms with Gasteiger partial charge in [-0.2, -0.15) is 0 Å². The number of ether oxygens (including phenoxy) is 2. The van der Waals surface area contributed by atoms with E-state index in [9.17, 15) is 0 Å². The Kier molecular flexibility index (Phi) is 2.29. The lowest BCUT2D eigenvalue weighted by molar-refractivity contribution is -0.150. The fourth-order valence-corrected chi connectivity index (χ4v) is 1.84. The van der Waals surface area contributed by atoms with Gasteiger partial charge >= 0.3 is 0 Å². The first-order valence-corrected chi connectivity index (χ1v) is 4.84. The number of nitrogens with zero attached hydrogens (tertiary/aromatic N) is 1. The first-order valence-electron chi connectivity index (χ1n) is 4.84. The molecule has 14 heavy (non-hydrogen) atoms. The van der Waals surface area contributed by atoms with E-state index in [4.69, 9.17) is 9.47 Å². The number of hydrogen-bond donors (Lipinski definition) is 0. The molecule has 0 spiro atoms. The van der Waals surface area contributed by atoms with Crippen molar-refractivity contribution in [2.24, 2.45) is 0 Å². The molecule has 0 N–H and O–H groups in total. The molecule has 0 atom stereocenters. The van der Waals surface area contributed by atoms with Crippen molar-refractivity contribution in [3.05, 3.63) is 29.1 Å². The smallest absolute Gasteiger partial charge is 0.193 e. The van der Waals surface area contributed by atoms with Crippen LogP contribution in [0.2, 0.25) is 0 Å². The first kappa shape index (κ1) is 9.62. The molecule has 0 aromatic carbocycles. The average molecular weight is 193 g/mol. The Morgan fingerprint density at radius 3 is 2.43 bits per heavy atom. The van der Waals surface area contributed by atoms with Gasteiger partial charge in [0.15, 0.2) is 5.79 Å². The van der Waals surface area contributed by atoms with Crippen molar-refractivity contribution in [3.8, 4) is 0 Å². The second kappa shape index (κ2) is 3.33. The van der Waals surface area contributed by atoms with Crippen LogP contribution in [-0.4, -0.2) is 18.2 Å². The zero-order chi connectivity index (χ0) is 10.2. The van der Waals surface area contributed by atoms with Crippen molar-refractivity contribution in [2.45, 2.75) is 26.6 Å². The summed E-state index contributed by atoms with van der Waals surface area (Å²) < 4.78 is 11.2. The molecular formula is C11H15NO2. The minimum atomic E-state index is -0.592. The van der Waals surface area contributed by atoms with E-state index in [0.717, 1.165) is 17.0 Å². The molecule has 0 amide bonds. The van der Waals surface area contributed by atoms with E-state index in [1.54, 1.807) is 0 Å². The minimum Gasteiger partial charge on any atom is -0.344 e. The Labute approximate surface area is 84.1 Å². The summed E-state index contributed by atoms with van der Waals surface area (Å²) in [4.78, 5) is 4.40. The Morgan fingerprint density at radius 2 is 1.86 bits per heavy atom. The molecule has 2 rings (SSSR count). The molecule has 1 fully saturated rings. The van der Waals surface area contributed by atoms with Crippen molar-refractivity contribution in [1.29, 1.82) is 0 Å². The van der Waals surface area contributed by atoms with E-state index in [1.807, 2.05) is 32.9 Å². The molecule has 1 aromatic rings. The standard InChI is InChI=1S/C11H15NO2/c1-8-4-5-10(9(2)12-8)11(3)13-6-7-14-11/h4-5H,6-7H2,1-3H3. The van der Waals surface area contributed by atoms with Gasteiger partial charge in [0.2, 0.25) is 0 Å². The number of pyridine rings is 1. The monoisotopic (exact) mass is 193 g/mol. The van der Waals surface area contributed by atoms with E-state index in [0.29, 0.717) is 13.2 Å². The molecule has 3 heteroatoms. The maximum atomic E-state index is 5.58. The molecule has 0 saturated carbocycles. The lowest BCUT2D eigenvalue weighted by Crippen LogP contribution is -2.24. The van der Waals surface area contributed by atoms with Crippen molar-refractivity contribution in [2.75, 3.05) is 13.2 Å². The van der Waals surface area contributed by atoms with Crippen LogP contribution in [0, 0.1) is 13.8 Å².